The van der Waals surface area contributed by atoms with Crippen LogP contribution in [0.1, 0.15) is 22.7 Å². The molecule has 3 heteroatoms. The molecule has 1 N–H and O–H groups in total. The molecule has 0 spiro atoms. The monoisotopic (exact) mass is 715 g/mol. The van der Waals surface area contributed by atoms with Gasteiger partial charge in [0.15, 0.2) is 0 Å². The first-order valence-electron chi connectivity index (χ1n) is 19.1. The molecule has 3 nitrogen and oxygen atoms in total. The van der Waals surface area contributed by atoms with Gasteiger partial charge in [-0.3, -0.25) is 4.99 Å². The van der Waals surface area contributed by atoms with Gasteiger partial charge in [-0.1, -0.05) is 194 Å². The Hall–Kier alpha value is -7.36. The summed E-state index contributed by atoms with van der Waals surface area (Å²) < 4.78 is 0. The summed E-state index contributed by atoms with van der Waals surface area (Å²) in [6.45, 7) is 0. The highest BCUT2D eigenvalue weighted by molar-refractivity contribution is 6.15. The number of nitrogens with one attached hydrogen (secondary N) is 1. The molecule has 264 valence electrons. The Bertz CT molecular complexity index is 2780. The van der Waals surface area contributed by atoms with E-state index in [2.05, 4.69) is 212 Å². The fourth-order valence-corrected chi connectivity index (χ4v) is 7.91. The van der Waals surface area contributed by atoms with Crippen molar-refractivity contribution in [3.05, 3.63) is 229 Å². The third-order valence-electron chi connectivity index (χ3n) is 10.8. The highest BCUT2D eigenvalue weighted by Crippen LogP contribution is 2.40. The van der Waals surface area contributed by atoms with Crippen molar-refractivity contribution < 1.29 is 0 Å². The molecule has 9 aromatic rings. The normalized spacial score (nSPS) is 13.9. The zero-order valence-corrected chi connectivity index (χ0v) is 30.7. The van der Waals surface area contributed by atoms with E-state index in [4.69, 9.17) is 9.98 Å². The predicted octanol–water partition coefficient (Wildman–Crippen LogP) is 13.2. The minimum absolute atomic E-state index is 0.235. The molecule has 1 unspecified atom stereocenters. The molecule has 1 aromatic heterocycles. The van der Waals surface area contributed by atoms with E-state index >= 15 is 0 Å². The minimum Gasteiger partial charge on any atom is -0.340 e. The Morgan fingerprint density at radius 3 is 1.52 bits per heavy atom. The fraction of sp³-hybridized carbons (Fsp3) is 0.0189. The second-order valence-corrected chi connectivity index (χ2v) is 14.2. The smallest absolute Gasteiger partial charge is 0.133 e. The van der Waals surface area contributed by atoms with Crippen LogP contribution in [-0.4, -0.2) is 10.8 Å². The molecule has 0 amide bonds. The van der Waals surface area contributed by atoms with Crippen molar-refractivity contribution in [1.29, 1.82) is 0 Å². The van der Waals surface area contributed by atoms with Crippen molar-refractivity contribution in [2.24, 2.45) is 4.99 Å². The van der Waals surface area contributed by atoms with Crippen molar-refractivity contribution in [2.45, 2.75) is 6.04 Å². The lowest BCUT2D eigenvalue weighted by Crippen LogP contribution is -2.27. The molecule has 0 radical (unpaired) electrons. The molecule has 2 heterocycles. The molecule has 1 aliphatic rings. The number of nitrogens with zero attached hydrogens (tertiary/aromatic N) is 2. The molecule has 0 fully saturated rings. The summed E-state index contributed by atoms with van der Waals surface area (Å²) in [4.78, 5) is 10.7. The van der Waals surface area contributed by atoms with Crippen LogP contribution in [0.15, 0.2) is 217 Å². The first kappa shape index (κ1) is 33.2. The SMILES string of the molecule is C1=C(c2ccc(-c3ccccc3)cc2)NC(c2ccc(-c3ccccc3)cc2)=NC1c1cccc2c1ccc1nc(-c3ccccc3)cc(-c3ccccc3)c12. The third kappa shape index (κ3) is 6.36. The van der Waals surface area contributed by atoms with Gasteiger partial charge in [-0.25, -0.2) is 4.98 Å². The molecule has 10 rings (SSSR count). The average molecular weight is 716 g/mol. The molecule has 8 aromatic carbocycles. The van der Waals surface area contributed by atoms with Crippen LogP contribution < -0.4 is 5.32 Å². The Kier molecular flexibility index (Phi) is 8.58. The number of aliphatic imine (C=N–C) groups is 1. The van der Waals surface area contributed by atoms with E-state index in [1.807, 2.05) is 6.07 Å². The summed E-state index contributed by atoms with van der Waals surface area (Å²) in [5.41, 5.74) is 14.4. The van der Waals surface area contributed by atoms with E-state index in [9.17, 15) is 0 Å². The van der Waals surface area contributed by atoms with E-state index in [1.165, 1.54) is 27.8 Å². The van der Waals surface area contributed by atoms with Gasteiger partial charge in [-0.2, -0.15) is 0 Å². The maximum Gasteiger partial charge on any atom is 0.133 e. The number of rotatable bonds is 7. The zero-order chi connectivity index (χ0) is 37.3. The lowest BCUT2D eigenvalue weighted by atomic mass is 9.90. The molecule has 0 aliphatic carbocycles. The van der Waals surface area contributed by atoms with E-state index in [1.54, 1.807) is 0 Å². The average Bonchev–Trinajstić information content (AvgIpc) is 3.29. The summed E-state index contributed by atoms with van der Waals surface area (Å²) in [7, 11) is 0. The lowest BCUT2D eigenvalue weighted by molar-refractivity contribution is 0.889. The summed E-state index contributed by atoms with van der Waals surface area (Å²) in [6.07, 6.45) is 2.27. The van der Waals surface area contributed by atoms with Gasteiger partial charge in [0.2, 0.25) is 0 Å². The first-order chi connectivity index (χ1) is 27.7. The summed E-state index contributed by atoms with van der Waals surface area (Å²) in [5, 5.41) is 7.20. The highest BCUT2D eigenvalue weighted by Gasteiger charge is 2.22. The van der Waals surface area contributed by atoms with Gasteiger partial charge < -0.3 is 5.32 Å². The highest BCUT2D eigenvalue weighted by atomic mass is 15.0. The number of amidine groups is 1. The second-order valence-electron chi connectivity index (χ2n) is 14.2. The zero-order valence-electron chi connectivity index (χ0n) is 30.7. The predicted molar refractivity (Wildman–Crippen MR) is 234 cm³/mol. The molecule has 0 saturated heterocycles. The molecular weight excluding hydrogens is 679 g/mol. The van der Waals surface area contributed by atoms with Crippen LogP contribution in [0.2, 0.25) is 0 Å². The van der Waals surface area contributed by atoms with Gasteiger partial charge in [-0.05, 0) is 73.5 Å². The summed E-state index contributed by atoms with van der Waals surface area (Å²) in [5.74, 6) is 0.844. The lowest BCUT2D eigenvalue weighted by Gasteiger charge is -2.24. The van der Waals surface area contributed by atoms with Crippen molar-refractivity contribution in [1.82, 2.24) is 10.3 Å². The quantitative estimate of drug-likeness (QED) is 0.167. The van der Waals surface area contributed by atoms with Crippen LogP contribution in [0.5, 0.6) is 0 Å². The number of aromatic nitrogens is 1. The Morgan fingerprint density at radius 2 is 0.911 bits per heavy atom. The summed E-state index contributed by atoms with van der Waals surface area (Å²) in [6, 6.07) is 72.7. The van der Waals surface area contributed by atoms with Gasteiger partial charge in [0.25, 0.3) is 0 Å². The van der Waals surface area contributed by atoms with Crippen LogP contribution in [0.25, 0.3) is 72.0 Å². The molecule has 0 bridgehead atoms. The summed E-state index contributed by atoms with van der Waals surface area (Å²) >= 11 is 0. The van der Waals surface area contributed by atoms with Crippen molar-refractivity contribution in [2.75, 3.05) is 0 Å². The largest absolute Gasteiger partial charge is 0.340 e. The van der Waals surface area contributed by atoms with E-state index in [0.717, 1.165) is 66.7 Å². The Morgan fingerprint density at radius 1 is 0.393 bits per heavy atom. The maximum absolute atomic E-state index is 5.44. The number of benzene rings is 8. The van der Waals surface area contributed by atoms with Gasteiger partial charge in [0.05, 0.1) is 17.3 Å². The van der Waals surface area contributed by atoms with Gasteiger partial charge in [0.1, 0.15) is 5.84 Å². The Labute approximate surface area is 327 Å². The third-order valence-corrected chi connectivity index (χ3v) is 10.8. The van der Waals surface area contributed by atoms with Crippen LogP contribution in [0.4, 0.5) is 0 Å². The molecule has 0 saturated carbocycles. The second kappa shape index (κ2) is 14.5. The molecule has 1 aliphatic heterocycles. The standard InChI is InChI=1S/C53H37N3/c1-5-14-36(15-6-1)38-24-28-42(29-25-38)50-35-51(56-53(55-50)43-30-26-39(27-31-43)37-16-7-2-8-17-37)45-22-13-23-46-44(45)32-33-48-52(46)47(40-18-9-3-10-19-40)34-49(54-48)41-20-11-4-12-21-41/h1-35,51H,(H,55,56). The van der Waals surface area contributed by atoms with Crippen molar-refractivity contribution >= 4 is 33.2 Å². The number of hydrogen-bond donors (Lipinski definition) is 1. The topological polar surface area (TPSA) is 37.3 Å². The molecular formula is C53H37N3. The number of pyridine rings is 1. The van der Waals surface area contributed by atoms with Crippen molar-refractivity contribution in [3.8, 4) is 44.6 Å². The number of hydrogen-bond acceptors (Lipinski definition) is 3. The van der Waals surface area contributed by atoms with E-state index in [0.29, 0.717) is 0 Å². The first-order valence-corrected chi connectivity index (χ1v) is 19.1. The molecule has 1 atom stereocenters. The Balaban J connectivity index is 1.12. The van der Waals surface area contributed by atoms with Gasteiger partial charge in [-0.15, -0.1) is 0 Å². The minimum atomic E-state index is -0.235. The van der Waals surface area contributed by atoms with Crippen molar-refractivity contribution in [3.63, 3.8) is 0 Å². The van der Waals surface area contributed by atoms with Gasteiger partial charge >= 0.3 is 0 Å². The van der Waals surface area contributed by atoms with Crippen LogP contribution in [0.3, 0.4) is 0 Å². The maximum atomic E-state index is 5.44. The van der Waals surface area contributed by atoms with Crippen LogP contribution in [-0.2, 0) is 0 Å². The van der Waals surface area contributed by atoms with Crippen LogP contribution >= 0.6 is 0 Å². The van der Waals surface area contributed by atoms with E-state index < -0.39 is 0 Å². The van der Waals surface area contributed by atoms with Gasteiger partial charge in [0, 0.05) is 22.2 Å². The number of fused-ring (bicyclic) bond motifs is 3. The fourth-order valence-electron chi connectivity index (χ4n) is 7.91. The van der Waals surface area contributed by atoms with Crippen LogP contribution in [0, 0.1) is 0 Å². The molecule has 56 heavy (non-hydrogen) atoms. The van der Waals surface area contributed by atoms with E-state index in [-0.39, 0.29) is 6.04 Å².